The maximum atomic E-state index is 12.2. The van der Waals surface area contributed by atoms with Crippen LogP contribution in [0.3, 0.4) is 0 Å². The molecule has 0 spiro atoms. The van der Waals surface area contributed by atoms with Gasteiger partial charge in [-0.15, -0.1) is 0 Å². The van der Waals surface area contributed by atoms with Gasteiger partial charge >= 0.3 is 0 Å². The average molecular weight is 297 g/mol. The highest BCUT2D eigenvalue weighted by molar-refractivity contribution is 7.89. The Balaban J connectivity index is 2.10. The van der Waals surface area contributed by atoms with E-state index in [0.29, 0.717) is 5.56 Å². The zero-order chi connectivity index (χ0) is 14.6. The third-order valence-corrected chi connectivity index (χ3v) is 4.85. The van der Waals surface area contributed by atoms with Crippen LogP contribution in [0.4, 0.5) is 0 Å². The normalized spacial score (nSPS) is 16.9. The number of carbonyl (C=O) groups excluding carboxylic acids is 1. The van der Waals surface area contributed by atoms with Crippen molar-refractivity contribution in [1.82, 2.24) is 15.4 Å². The Morgan fingerprint density at radius 3 is 2.35 bits per heavy atom. The van der Waals surface area contributed by atoms with Gasteiger partial charge in [0.1, 0.15) is 0 Å². The third kappa shape index (κ3) is 3.56. The molecule has 0 unspecified atom stereocenters. The number of sulfonamides is 1. The van der Waals surface area contributed by atoms with Crippen LogP contribution in [0.1, 0.15) is 23.2 Å². The van der Waals surface area contributed by atoms with Crippen LogP contribution in [0.25, 0.3) is 0 Å². The van der Waals surface area contributed by atoms with Crippen molar-refractivity contribution in [3.05, 3.63) is 29.8 Å². The highest BCUT2D eigenvalue weighted by Crippen LogP contribution is 2.13. The lowest BCUT2D eigenvalue weighted by Crippen LogP contribution is -2.42. The Labute approximate surface area is 119 Å². The fourth-order valence-electron chi connectivity index (χ4n) is 2.16. The first-order chi connectivity index (χ1) is 9.53. The molecule has 0 bridgehead atoms. The Bertz CT molecular complexity index is 563. The average Bonchev–Trinajstić information content (AvgIpc) is 2.47. The van der Waals surface area contributed by atoms with Crippen molar-refractivity contribution in [3.8, 4) is 0 Å². The van der Waals surface area contributed by atoms with E-state index < -0.39 is 10.0 Å². The molecular weight excluding hydrogens is 278 g/mol. The quantitative estimate of drug-likeness (QED) is 0.734. The minimum atomic E-state index is -3.52. The predicted molar refractivity (Wildman–Crippen MR) is 76.0 cm³/mol. The first-order valence-electron chi connectivity index (χ1n) is 6.58. The van der Waals surface area contributed by atoms with E-state index in [1.54, 1.807) is 0 Å². The van der Waals surface area contributed by atoms with Crippen molar-refractivity contribution in [3.63, 3.8) is 0 Å². The minimum absolute atomic E-state index is 0.0279. The first kappa shape index (κ1) is 15.0. The first-order valence-corrected chi connectivity index (χ1v) is 8.06. The molecule has 1 fully saturated rings. The minimum Gasteiger partial charge on any atom is -0.355 e. The lowest BCUT2D eigenvalue weighted by Gasteiger charge is -2.23. The second kappa shape index (κ2) is 6.34. The molecule has 110 valence electrons. The number of hydrogen-bond acceptors (Lipinski definition) is 4. The van der Waals surface area contributed by atoms with Gasteiger partial charge in [-0.1, -0.05) is 0 Å². The number of piperidine rings is 1. The van der Waals surface area contributed by atoms with Crippen molar-refractivity contribution in [2.45, 2.75) is 23.8 Å². The molecule has 1 aromatic rings. The molecule has 0 radical (unpaired) electrons. The van der Waals surface area contributed by atoms with Gasteiger partial charge in [0.15, 0.2) is 0 Å². The van der Waals surface area contributed by atoms with Crippen molar-refractivity contribution < 1.29 is 13.2 Å². The lowest BCUT2D eigenvalue weighted by molar-refractivity contribution is 0.0963. The summed E-state index contributed by atoms with van der Waals surface area (Å²) in [7, 11) is -1.99. The fourth-order valence-corrected chi connectivity index (χ4v) is 3.46. The maximum absolute atomic E-state index is 12.2. The van der Waals surface area contributed by atoms with Gasteiger partial charge in [0.25, 0.3) is 5.91 Å². The van der Waals surface area contributed by atoms with Gasteiger partial charge in [-0.25, -0.2) is 13.1 Å². The fraction of sp³-hybridized carbons (Fsp3) is 0.462. The molecule has 2 rings (SSSR count). The van der Waals surface area contributed by atoms with E-state index in [9.17, 15) is 13.2 Å². The molecule has 1 amide bonds. The van der Waals surface area contributed by atoms with Gasteiger partial charge < -0.3 is 10.6 Å². The summed E-state index contributed by atoms with van der Waals surface area (Å²) >= 11 is 0. The van der Waals surface area contributed by atoms with Crippen LogP contribution in [0.2, 0.25) is 0 Å². The number of hydrogen-bond donors (Lipinski definition) is 3. The van der Waals surface area contributed by atoms with Crippen LogP contribution in [-0.2, 0) is 10.0 Å². The number of amides is 1. The highest BCUT2D eigenvalue weighted by atomic mass is 32.2. The van der Waals surface area contributed by atoms with Crippen molar-refractivity contribution in [1.29, 1.82) is 0 Å². The van der Waals surface area contributed by atoms with Gasteiger partial charge in [-0.05, 0) is 50.2 Å². The summed E-state index contributed by atoms with van der Waals surface area (Å²) in [4.78, 5) is 11.6. The Kier molecular flexibility index (Phi) is 4.74. The summed E-state index contributed by atoms with van der Waals surface area (Å²) in [5.41, 5.74) is 0.438. The Morgan fingerprint density at radius 2 is 1.80 bits per heavy atom. The molecule has 1 aliphatic heterocycles. The molecule has 1 heterocycles. The topological polar surface area (TPSA) is 87.3 Å². The van der Waals surface area contributed by atoms with Gasteiger partial charge in [0.05, 0.1) is 4.90 Å². The predicted octanol–water partition coefficient (Wildman–Crippen LogP) is 0.0765. The number of rotatable bonds is 4. The summed E-state index contributed by atoms with van der Waals surface area (Å²) in [5, 5.41) is 5.68. The molecule has 0 atom stereocenters. The van der Waals surface area contributed by atoms with Gasteiger partial charge in [-0.3, -0.25) is 4.79 Å². The molecule has 7 heteroatoms. The van der Waals surface area contributed by atoms with Gasteiger partial charge in [-0.2, -0.15) is 0 Å². The molecule has 0 aromatic heterocycles. The van der Waals surface area contributed by atoms with E-state index in [1.807, 2.05) is 0 Å². The Hall–Kier alpha value is -1.44. The summed E-state index contributed by atoms with van der Waals surface area (Å²) in [6, 6.07) is 5.90. The number of nitrogens with one attached hydrogen (secondary N) is 3. The summed E-state index contributed by atoms with van der Waals surface area (Å²) in [6.45, 7) is 1.64. The number of carbonyl (C=O) groups is 1. The lowest BCUT2D eigenvalue weighted by atomic mass is 10.1. The van der Waals surface area contributed by atoms with Crippen LogP contribution in [-0.4, -0.2) is 40.5 Å². The zero-order valence-electron chi connectivity index (χ0n) is 11.3. The molecule has 1 aromatic carbocycles. The van der Waals surface area contributed by atoms with E-state index in [2.05, 4.69) is 15.4 Å². The van der Waals surface area contributed by atoms with Gasteiger partial charge in [0, 0.05) is 18.7 Å². The van der Waals surface area contributed by atoms with E-state index in [4.69, 9.17) is 0 Å². The van der Waals surface area contributed by atoms with Crippen LogP contribution < -0.4 is 15.4 Å². The summed E-state index contributed by atoms with van der Waals surface area (Å²) in [5.74, 6) is -0.236. The van der Waals surface area contributed by atoms with E-state index in [0.717, 1.165) is 25.9 Å². The van der Waals surface area contributed by atoms with Crippen molar-refractivity contribution >= 4 is 15.9 Å². The molecule has 0 aliphatic carbocycles. The molecule has 1 saturated heterocycles. The second-order valence-electron chi connectivity index (χ2n) is 4.75. The van der Waals surface area contributed by atoms with Crippen LogP contribution in [0, 0.1) is 0 Å². The SMILES string of the molecule is CNC(=O)c1ccc(S(=O)(=O)NC2CCNCC2)cc1. The largest absolute Gasteiger partial charge is 0.355 e. The van der Waals surface area contributed by atoms with Crippen LogP contribution in [0.5, 0.6) is 0 Å². The van der Waals surface area contributed by atoms with E-state index in [1.165, 1.54) is 31.3 Å². The Morgan fingerprint density at radius 1 is 1.20 bits per heavy atom. The second-order valence-corrected chi connectivity index (χ2v) is 6.46. The molecule has 20 heavy (non-hydrogen) atoms. The monoisotopic (exact) mass is 297 g/mol. The molecule has 3 N–H and O–H groups in total. The van der Waals surface area contributed by atoms with E-state index in [-0.39, 0.29) is 16.8 Å². The smallest absolute Gasteiger partial charge is 0.251 e. The molecule has 6 nitrogen and oxygen atoms in total. The zero-order valence-corrected chi connectivity index (χ0v) is 12.2. The standard InChI is InChI=1S/C13H19N3O3S/c1-14-13(17)10-2-4-12(5-3-10)20(18,19)16-11-6-8-15-9-7-11/h2-5,11,15-16H,6-9H2,1H3,(H,14,17). The maximum Gasteiger partial charge on any atom is 0.251 e. The molecule has 0 saturated carbocycles. The molecular formula is C13H19N3O3S. The summed E-state index contributed by atoms with van der Waals surface area (Å²) < 4.78 is 27.1. The molecule has 1 aliphatic rings. The van der Waals surface area contributed by atoms with Crippen molar-refractivity contribution in [2.24, 2.45) is 0 Å². The summed E-state index contributed by atoms with van der Waals surface area (Å²) in [6.07, 6.45) is 1.57. The van der Waals surface area contributed by atoms with Crippen LogP contribution in [0.15, 0.2) is 29.2 Å². The highest BCUT2D eigenvalue weighted by Gasteiger charge is 2.21. The van der Waals surface area contributed by atoms with Gasteiger partial charge in [0.2, 0.25) is 10.0 Å². The van der Waals surface area contributed by atoms with Crippen molar-refractivity contribution in [2.75, 3.05) is 20.1 Å². The van der Waals surface area contributed by atoms with Crippen LogP contribution >= 0.6 is 0 Å². The third-order valence-electron chi connectivity index (χ3n) is 3.31. The van der Waals surface area contributed by atoms with E-state index >= 15 is 0 Å². The number of benzene rings is 1.